The van der Waals surface area contributed by atoms with Crippen LogP contribution in [0.2, 0.25) is 0 Å². The van der Waals surface area contributed by atoms with Crippen molar-refractivity contribution in [2.45, 2.75) is 38.9 Å². The minimum absolute atomic E-state index is 0.0615. The Bertz CT molecular complexity index is 1100. The van der Waals surface area contributed by atoms with Gasteiger partial charge in [-0.3, -0.25) is 9.59 Å². The van der Waals surface area contributed by atoms with Gasteiger partial charge in [0.25, 0.3) is 5.91 Å². The van der Waals surface area contributed by atoms with Crippen molar-refractivity contribution in [1.29, 1.82) is 0 Å². The highest BCUT2D eigenvalue weighted by molar-refractivity contribution is 9.10. The molecule has 2 amide bonds. The van der Waals surface area contributed by atoms with E-state index in [1.54, 1.807) is 24.1 Å². The molecule has 0 aliphatic heterocycles. The number of carbonyl (C=O) groups is 2. The first kappa shape index (κ1) is 26.3. The number of halogens is 1. The van der Waals surface area contributed by atoms with E-state index in [1.807, 2.05) is 80.6 Å². The van der Waals surface area contributed by atoms with Crippen LogP contribution in [0.1, 0.15) is 25.0 Å². The van der Waals surface area contributed by atoms with Crippen LogP contribution in [0, 0.1) is 0 Å². The third-order valence-corrected chi connectivity index (χ3v) is 5.89. The molecule has 0 saturated carbocycles. The Morgan fingerprint density at radius 1 is 0.914 bits per heavy atom. The van der Waals surface area contributed by atoms with Crippen LogP contribution >= 0.6 is 15.9 Å². The van der Waals surface area contributed by atoms with Crippen LogP contribution in [-0.2, 0) is 22.6 Å². The van der Waals surface area contributed by atoms with E-state index in [0.717, 1.165) is 15.6 Å². The molecule has 1 N–H and O–H groups in total. The first-order chi connectivity index (χ1) is 16.9. The summed E-state index contributed by atoms with van der Waals surface area (Å²) >= 11 is 3.40. The zero-order chi connectivity index (χ0) is 25.2. The molecule has 0 unspecified atom stereocenters. The predicted molar refractivity (Wildman–Crippen MR) is 140 cm³/mol. The molecule has 0 fully saturated rings. The minimum atomic E-state index is -0.716. The number of ether oxygens (including phenoxy) is 2. The molecule has 35 heavy (non-hydrogen) atoms. The summed E-state index contributed by atoms with van der Waals surface area (Å²) < 4.78 is 12.1. The zero-order valence-corrected chi connectivity index (χ0v) is 21.8. The van der Waals surface area contributed by atoms with Crippen LogP contribution in [0.4, 0.5) is 0 Å². The average Bonchev–Trinajstić information content (AvgIpc) is 2.86. The maximum absolute atomic E-state index is 13.5. The molecule has 3 aromatic carbocycles. The van der Waals surface area contributed by atoms with Crippen molar-refractivity contribution in [1.82, 2.24) is 10.2 Å². The molecule has 0 aliphatic carbocycles. The van der Waals surface area contributed by atoms with Crippen molar-refractivity contribution in [3.05, 3.63) is 94.5 Å². The number of methoxy groups -OCH3 is 1. The SMILES string of the molecule is COc1cccc(CN(C(=O)COc2ccc(Br)cc2)[C@@H](Cc2ccccc2)C(=O)NC(C)C)c1. The molecule has 3 aromatic rings. The Morgan fingerprint density at radius 2 is 1.60 bits per heavy atom. The molecule has 7 heteroatoms. The summed E-state index contributed by atoms with van der Waals surface area (Å²) in [5.74, 6) is 0.778. The second-order valence-electron chi connectivity index (χ2n) is 8.48. The van der Waals surface area contributed by atoms with E-state index in [-0.39, 0.29) is 31.0 Å². The monoisotopic (exact) mass is 538 g/mol. The number of rotatable bonds is 11. The average molecular weight is 539 g/mol. The lowest BCUT2D eigenvalue weighted by atomic mass is 10.0. The molecule has 6 nitrogen and oxygen atoms in total. The normalized spacial score (nSPS) is 11.6. The second kappa shape index (κ2) is 13.0. The lowest BCUT2D eigenvalue weighted by Gasteiger charge is -2.32. The molecule has 184 valence electrons. The van der Waals surface area contributed by atoms with Gasteiger partial charge in [-0.25, -0.2) is 0 Å². The van der Waals surface area contributed by atoms with Gasteiger partial charge in [0, 0.05) is 23.5 Å². The van der Waals surface area contributed by atoms with Crippen LogP contribution in [0.3, 0.4) is 0 Å². The highest BCUT2D eigenvalue weighted by Gasteiger charge is 2.31. The Balaban J connectivity index is 1.91. The number of hydrogen-bond donors (Lipinski definition) is 1. The van der Waals surface area contributed by atoms with E-state index in [4.69, 9.17) is 9.47 Å². The van der Waals surface area contributed by atoms with Crippen molar-refractivity contribution in [3.8, 4) is 11.5 Å². The summed E-state index contributed by atoms with van der Waals surface area (Å²) in [7, 11) is 1.60. The molecule has 0 heterocycles. The molecular formula is C28H31BrN2O4. The van der Waals surface area contributed by atoms with E-state index in [0.29, 0.717) is 17.9 Å². The molecule has 0 aliphatic rings. The minimum Gasteiger partial charge on any atom is -0.497 e. The highest BCUT2D eigenvalue weighted by atomic mass is 79.9. The Morgan fingerprint density at radius 3 is 2.26 bits per heavy atom. The summed E-state index contributed by atoms with van der Waals surface area (Å²) in [6.07, 6.45) is 0.382. The van der Waals surface area contributed by atoms with Crippen LogP contribution in [0.25, 0.3) is 0 Å². The van der Waals surface area contributed by atoms with Crippen LogP contribution in [-0.4, -0.2) is 42.5 Å². The van der Waals surface area contributed by atoms with E-state index in [9.17, 15) is 9.59 Å². The Hall–Kier alpha value is -3.32. The molecule has 1 atom stereocenters. The molecule has 0 radical (unpaired) electrons. The van der Waals surface area contributed by atoms with Crippen molar-refractivity contribution < 1.29 is 19.1 Å². The number of carbonyl (C=O) groups excluding carboxylic acids is 2. The molecule has 3 rings (SSSR count). The predicted octanol–water partition coefficient (Wildman–Crippen LogP) is 5.00. The number of amides is 2. The van der Waals surface area contributed by atoms with E-state index in [2.05, 4.69) is 21.2 Å². The van der Waals surface area contributed by atoms with Gasteiger partial charge in [0.05, 0.1) is 7.11 Å². The van der Waals surface area contributed by atoms with Gasteiger partial charge in [-0.1, -0.05) is 58.4 Å². The maximum Gasteiger partial charge on any atom is 0.261 e. The van der Waals surface area contributed by atoms with E-state index < -0.39 is 6.04 Å². The first-order valence-corrected chi connectivity index (χ1v) is 12.3. The van der Waals surface area contributed by atoms with Gasteiger partial charge in [-0.2, -0.15) is 0 Å². The second-order valence-corrected chi connectivity index (χ2v) is 9.40. The van der Waals surface area contributed by atoms with Crippen LogP contribution < -0.4 is 14.8 Å². The topological polar surface area (TPSA) is 67.9 Å². The summed E-state index contributed by atoms with van der Waals surface area (Å²) in [6, 6.07) is 23.7. The standard InChI is InChI=1S/C28H31BrN2O4/c1-20(2)30-28(33)26(17-21-8-5-4-6-9-21)31(18-22-10-7-11-25(16-22)34-3)27(32)19-35-24-14-12-23(29)13-15-24/h4-16,20,26H,17-19H2,1-3H3,(H,30,33)/t26-/m0/s1. The summed E-state index contributed by atoms with van der Waals surface area (Å²) in [5, 5.41) is 2.98. The molecule has 0 spiro atoms. The van der Waals surface area contributed by atoms with Crippen LogP contribution in [0.15, 0.2) is 83.3 Å². The number of hydrogen-bond acceptors (Lipinski definition) is 4. The number of benzene rings is 3. The lowest BCUT2D eigenvalue weighted by molar-refractivity contribution is -0.143. The number of nitrogens with zero attached hydrogens (tertiary/aromatic N) is 1. The van der Waals surface area contributed by atoms with Gasteiger partial charge in [-0.15, -0.1) is 0 Å². The molecule has 0 saturated heterocycles. The van der Waals surface area contributed by atoms with Gasteiger partial charge in [-0.05, 0) is 61.4 Å². The summed E-state index contributed by atoms with van der Waals surface area (Å²) in [5.41, 5.74) is 1.82. The van der Waals surface area contributed by atoms with E-state index in [1.165, 1.54) is 0 Å². The smallest absolute Gasteiger partial charge is 0.261 e. The van der Waals surface area contributed by atoms with Gasteiger partial charge in [0.15, 0.2) is 6.61 Å². The highest BCUT2D eigenvalue weighted by Crippen LogP contribution is 2.20. The van der Waals surface area contributed by atoms with Crippen molar-refractivity contribution in [2.24, 2.45) is 0 Å². The fraction of sp³-hybridized carbons (Fsp3) is 0.286. The maximum atomic E-state index is 13.5. The van der Waals surface area contributed by atoms with Crippen molar-refractivity contribution >= 4 is 27.7 Å². The van der Waals surface area contributed by atoms with Crippen LogP contribution in [0.5, 0.6) is 11.5 Å². The number of nitrogens with one attached hydrogen (secondary N) is 1. The lowest BCUT2D eigenvalue weighted by Crippen LogP contribution is -2.52. The zero-order valence-electron chi connectivity index (χ0n) is 20.2. The third-order valence-electron chi connectivity index (χ3n) is 5.37. The Labute approximate surface area is 215 Å². The van der Waals surface area contributed by atoms with Gasteiger partial charge >= 0.3 is 0 Å². The largest absolute Gasteiger partial charge is 0.497 e. The van der Waals surface area contributed by atoms with Crippen molar-refractivity contribution in [3.63, 3.8) is 0 Å². The van der Waals surface area contributed by atoms with E-state index >= 15 is 0 Å². The van der Waals surface area contributed by atoms with Crippen molar-refractivity contribution in [2.75, 3.05) is 13.7 Å². The fourth-order valence-corrected chi connectivity index (χ4v) is 3.93. The first-order valence-electron chi connectivity index (χ1n) is 11.5. The van der Waals surface area contributed by atoms with Gasteiger partial charge in [0.1, 0.15) is 17.5 Å². The summed E-state index contributed by atoms with van der Waals surface area (Å²) in [4.78, 5) is 28.5. The third kappa shape index (κ3) is 8.14. The fourth-order valence-electron chi connectivity index (χ4n) is 3.66. The molecule has 0 bridgehead atoms. The molecular weight excluding hydrogens is 508 g/mol. The van der Waals surface area contributed by atoms with Gasteiger partial charge in [0.2, 0.25) is 5.91 Å². The summed E-state index contributed by atoms with van der Waals surface area (Å²) in [6.45, 7) is 3.86. The Kier molecular flexibility index (Phi) is 9.73. The van der Waals surface area contributed by atoms with Gasteiger partial charge < -0.3 is 19.7 Å². The molecule has 0 aromatic heterocycles. The quantitative estimate of drug-likeness (QED) is 0.373.